The molecule has 0 spiro atoms. The fraction of sp³-hybridized carbons (Fsp3) is 0.464. The Labute approximate surface area is 214 Å². The molecular formula is C28H35N5O2S. The van der Waals surface area contributed by atoms with E-state index >= 15 is 0 Å². The van der Waals surface area contributed by atoms with E-state index in [-0.39, 0.29) is 11.1 Å². The van der Waals surface area contributed by atoms with Gasteiger partial charge in [0.15, 0.2) is 5.03 Å². The molecule has 6 rings (SSSR count). The van der Waals surface area contributed by atoms with Crippen molar-refractivity contribution in [3.05, 3.63) is 77.7 Å². The molecule has 0 bridgehead atoms. The Kier molecular flexibility index (Phi) is 6.35. The summed E-state index contributed by atoms with van der Waals surface area (Å²) >= 11 is 0. The zero-order valence-corrected chi connectivity index (χ0v) is 21.7. The van der Waals surface area contributed by atoms with Crippen LogP contribution in [-0.4, -0.2) is 61.1 Å². The maximum absolute atomic E-state index is 12.8. The lowest BCUT2D eigenvalue weighted by atomic mass is 9.74. The maximum atomic E-state index is 12.8. The van der Waals surface area contributed by atoms with Gasteiger partial charge in [0, 0.05) is 50.0 Å². The van der Waals surface area contributed by atoms with Gasteiger partial charge in [-0.25, -0.2) is 18.1 Å². The van der Waals surface area contributed by atoms with Crippen LogP contribution in [-0.2, 0) is 29.9 Å². The van der Waals surface area contributed by atoms with E-state index in [0.29, 0.717) is 18.5 Å². The molecule has 3 aromatic rings. The Balaban J connectivity index is 1.22. The van der Waals surface area contributed by atoms with Crippen molar-refractivity contribution in [2.45, 2.75) is 55.1 Å². The number of hydrogen-bond donors (Lipinski definition) is 1. The van der Waals surface area contributed by atoms with E-state index in [1.807, 2.05) is 0 Å². The summed E-state index contributed by atoms with van der Waals surface area (Å²) in [4.78, 5) is 9.04. The van der Waals surface area contributed by atoms with Gasteiger partial charge in [-0.15, -0.1) is 0 Å². The first-order chi connectivity index (χ1) is 17.5. The second-order valence-electron chi connectivity index (χ2n) is 10.6. The summed E-state index contributed by atoms with van der Waals surface area (Å²) in [6, 6.07) is 18.3. The van der Waals surface area contributed by atoms with E-state index in [0.717, 1.165) is 25.8 Å². The van der Waals surface area contributed by atoms with Crippen LogP contribution in [0.3, 0.4) is 0 Å². The monoisotopic (exact) mass is 505 g/mol. The highest BCUT2D eigenvalue weighted by Gasteiger charge is 2.36. The minimum Gasteiger partial charge on any atom is -0.370 e. The molecule has 190 valence electrons. The van der Waals surface area contributed by atoms with Gasteiger partial charge in [0.25, 0.3) is 10.0 Å². The van der Waals surface area contributed by atoms with Crippen molar-refractivity contribution in [1.82, 2.24) is 19.2 Å². The molecule has 2 fully saturated rings. The van der Waals surface area contributed by atoms with Crippen molar-refractivity contribution in [2.24, 2.45) is 7.05 Å². The molecule has 1 aromatic heterocycles. The number of nitrogens with zero attached hydrogens (tertiary/aromatic N) is 4. The van der Waals surface area contributed by atoms with E-state index < -0.39 is 10.0 Å². The first-order valence-corrected chi connectivity index (χ1v) is 14.6. The van der Waals surface area contributed by atoms with Gasteiger partial charge in [0.1, 0.15) is 0 Å². The second kappa shape index (κ2) is 9.65. The number of fused-ring (bicyclic) bond motifs is 1. The van der Waals surface area contributed by atoms with Gasteiger partial charge in [-0.05, 0) is 74.0 Å². The molecular weight excluding hydrogens is 470 g/mol. The zero-order valence-electron chi connectivity index (χ0n) is 20.9. The summed E-state index contributed by atoms with van der Waals surface area (Å²) < 4.78 is 30.1. The largest absolute Gasteiger partial charge is 0.370 e. The smallest absolute Gasteiger partial charge is 0.259 e. The van der Waals surface area contributed by atoms with Crippen LogP contribution >= 0.6 is 0 Å². The maximum Gasteiger partial charge on any atom is 0.259 e. The van der Waals surface area contributed by atoms with E-state index in [4.69, 9.17) is 0 Å². The quantitative estimate of drug-likeness (QED) is 0.534. The fourth-order valence-electron chi connectivity index (χ4n) is 6.19. The van der Waals surface area contributed by atoms with Gasteiger partial charge in [0.2, 0.25) is 0 Å². The van der Waals surface area contributed by atoms with Crippen LogP contribution in [0.2, 0.25) is 0 Å². The topological polar surface area (TPSA) is 70.5 Å². The van der Waals surface area contributed by atoms with Crippen molar-refractivity contribution >= 4 is 15.7 Å². The summed E-state index contributed by atoms with van der Waals surface area (Å²) in [5.74, 6) is 0.484. The number of imidazole rings is 1. The Morgan fingerprint density at radius 2 is 1.89 bits per heavy atom. The molecule has 2 aromatic carbocycles. The molecule has 2 aliphatic heterocycles. The summed E-state index contributed by atoms with van der Waals surface area (Å²) in [7, 11) is -1.84. The standard InChI is InChI=1S/C28H35N5O2S/c1-31-19-28(29-20-31)36(34,35)30-23-12-15-33(18-23)24-10-8-22-9-11-27(32-13-5-14-32)26(25(22)17-24)16-21-6-3-2-4-7-21/h2-4,6-8,10,17,19-20,23,26-27,30H,5,9,11-16,18H2,1H3/t23?,26-,27-/m1/s1. The lowest BCUT2D eigenvalue weighted by Gasteiger charge is -2.46. The van der Waals surface area contributed by atoms with Crippen molar-refractivity contribution in [3.8, 4) is 0 Å². The Morgan fingerprint density at radius 3 is 2.61 bits per heavy atom. The SMILES string of the molecule is Cn1cnc(S(=O)(=O)NC2CCN(c3ccc4c(c3)[C@@H](Cc3ccccc3)[C@H](N3CCC3)CC4)C2)c1. The molecule has 0 amide bonds. The summed E-state index contributed by atoms with van der Waals surface area (Å²) in [5, 5.41) is 0.0815. The molecule has 3 heterocycles. The van der Waals surface area contributed by atoms with Crippen LogP contribution in [0.1, 0.15) is 41.9 Å². The van der Waals surface area contributed by atoms with E-state index in [1.165, 1.54) is 54.6 Å². The third kappa shape index (κ3) is 4.69. The molecule has 0 radical (unpaired) electrons. The van der Waals surface area contributed by atoms with Gasteiger partial charge in [-0.3, -0.25) is 4.90 Å². The van der Waals surface area contributed by atoms with Crippen LogP contribution in [0.25, 0.3) is 0 Å². The second-order valence-corrected chi connectivity index (χ2v) is 12.3. The molecule has 7 nitrogen and oxygen atoms in total. The van der Waals surface area contributed by atoms with Crippen LogP contribution < -0.4 is 9.62 Å². The van der Waals surface area contributed by atoms with Gasteiger partial charge in [-0.1, -0.05) is 36.4 Å². The van der Waals surface area contributed by atoms with Gasteiger partial charge >= 0.3 is 0 Å². The minimum atomic E-state index is -3.61. The molecule has 0 saturated carbocycles. The number of rotatable bonds is 7. The van der Waals surface area contributed by atoms with Gasteiger partial charge in [-0.2, -0.15) is 0 Å². The molecule has 2 saturated heterocycles. The minimum absolute atomic E-state index is 0.0815. The highest BCUT2D eigenvalue weighted by Crippen LogP contribution is 2.40. The molecule has 3 atom stereocenters. The number of likely N-dealkylation sites (tertiary alicyclic amines) is 1. The van der Waals surface area contributed by atoms with Crippen molar-refractivity contribution < 1.29 is 8.42 Å². The van der Waals surface area contributed by atoms with E-state index in [2.05, 4.69) is 68.0 Å². The first-order valence-electron chi connectivity index (χ1n) is 13.1. The van der Waals surface area contributed by atoms with Gasteiger partial charge in [0.05, 0.1) is 6.33 Å². The predicted molar refractivity (Wildman–Crippen MR) is 142 cm³/mol. The average molecular weight is 506 g/mol. The summed E-state index contributed by atoms with van der Waals surface area (Å²) in [6.45, 7) is 3.95. The lowest BCUT2D eigenvalue weighted by molar-refractivity contribution is 0.0877. The number of aryl methyl sites for hydroxylation is 2. The normalized spacial score (nSPS) is 24.5. The molecule has 36 heavy (non-hydrogen) atoms. The molecule has 1 aliphatic carbocycles. The Bertz CT molecular complexity index is 1320. The number of nitrogens with one attached hydrogen (secondary N) is 1. The molecule has 8 heteroatoms. The third-order valence-corrected chi connectivity index (χ3v) is 9.60. The number of aromatic nitrogens is 2. The molecule has 1 N–H and O–H groups in total. The third-order valence-electron chi connectivity index (χ3n) is 8.19. The number of sulfonamides is 1. The summed E-state index contributed by atoms with van der Waals surface area (Å²) in [6.07, 6.45) is 8.57. The Morgan fingerprint density at radius 1 is 1.06 bits per heavy atom. The highest BCUT2D eigenvalue weighted by molar-refractivity contribution is 7.89. The highest BCUT2D eigenvalue weighted by atomic mass is 32.2. The Hall–Kier alpha value is -2.68. The number of anilines is 1. The van der Waals surface area contributed by atoms with Crippen molar-refractivity contribution in [2.75, 3.05) is 31.1 Å². The molecule has 3 aliphatic rings. The first kappa shape index (κ1) is 23.7. The predicted octanol–water partition coefficient (Wildman–Crippen LogP) is 3.32. The van der Waals surface area contributed by atoms with Crippen LogP contribution in [0.5, 0.6) is 0 Å². The number of benzene rings is 2. The molecule has 1 unspecified atom stereocenters. The zero-order chi connectivity index (χ0) is 24.7. The van der Waals surface area contributed by atoms with Crippen LogP contribution in [0.15, 0.2) is 66.1 Å². The van der Waals surface area contributed by atoms with E-state index in [1.54, 1.807) is 17.8 Å². The van der Waals surface area contributed by atoms with Crippen LogP contribution in [0, 0.1) is 0 Å². The van der Waals surface area contributed by atoms with Crippen molar-refractivity contribution in [1.29, 1.82) is 0 Å². The van der Waals surface area contributed by atoms with Gasteiger partial charge < -0.3 is 9.47 Å². The average Bonchev–Trinajstić information content (AvgIpc) is 3.49. The summed E-state index contributed by atoms with van der Waals surface area (Å²) in [5.41, 5.74) is 5.56. The fourth-order valence-corrected chi connectivity index (χ4v) is 7.43. The number of hydrogen-bond acceptors (Lipinski definition) is 5. The van der Waals surface area contributed by atoms with Crippen LogP contribution in [0.4, 0.5) is 5.69 Å². The van der Waals surface area contributed by atoms with Crippen molar-refractivity contribution in [3.63, 3.8) is 0 Å². The lowest BCUT2D eigenvalue weighted by Crippen LogP contribution is -2.50. The van der Waals surface area contributed by atoms with E-state index in [9.17, 15) is 8.42 Å².